The maximum Gasteiger partial charge on any atom is 0.251 e. The van der Waals surface area contributed by atoms with Crippen molar-refractivity contribution in [1.29, 1.82) is 0 Å². The second-order valence-electron chi connectivity index (χ2n) is 7.01. The van der Waals surface area contributed by atoms with E-state index in [2.05, 4.69) is 10.6 Å². The predicted octanol–water partition coefficient (Wildman–Crippen LogP) is 3.33. The van der Waals surface area contributed by atoms with Gasteiger partial charge in [-0.1, -0.05) is 43.7 Å². The molecule has 1 atom stereocenters. The van der Waals surface area contributed by atoms with E-state index in [0.29, 0.717) is 23.7 Å². The summed E-state index contributed by atoms with van der Waals surface area (Å²) in [6.45, 7) is 8.55. The van der Waals surface area contributed by atoms with Gasteiger partial charge in [0.2, 0.25) is 5.91 Å². The van der Waals surface area contributed by atoms with Gasteiger partial charge in [-0.05, 0) is 49.1 Å². The minimum atomic E-state index is -0.746. The Hall–Kier alpha value is -2.66. The molecule has 0 aliphatic heterocycles. The summed E-state index contributed by atoms with van der Waals surface area (Å²) in [4.78, 5) is 24.6. The van der Waals surface area contributed by atoms with Crippen molar-refractivity contribution in [1.82, 2.24) is 5.32 Å². The lowest BCUT2D eigenvalue weighted by atomic mass is 10.0. The first-order valence-corrected chi connectivity index (χ1v) is 8.79. The molecule has 0 spiro atoms. The van der Waals surface area contributed by atoms with Crippen molar-refractivity contribution >= 4 is 17.5 Å². The monoisotopic (exact) mass is 353 g/mol. The van der Waals surface area contributed by atoms with Gasteiger partial charge >= 0.3 is 0 Å². The van der Waals surface area contributed by atoms with Crippen LogP contribution in [0.15, 0.2) is 42.5 Å². The van der Waals surface area contributed by atoms with E-state index in [1.165, 1.54) is 0 Å². The van der Waals surface area contributed by atoms with Crippen LogP contribution in [0.25, 0.3) is 0 Å². The number of nitrogens with one attached hydrogen (secondary N) is 2. The van der Waals surface area contributed by atoms with Crippen LogP contribution in [-0.2, 0) is 4.79 Å². The first-order valence-electron chi connectivity index (χ1n) is 8.79. The Morgan fingerprint density at radius 3 is 2.27 bits per heavy atom. The average Bonchev–Trinajstić information content (AvgIpc) is 2.61. The van der Waals surface area contributed by atoms with Crippen LogP contribution in [0.5, 0.6) is 0 Å². The van der Waals surface area contributed by atoms with Gasteiger partial charge in [0.1, 0.15) is 6.04 Å². The maximum atomic E-state index is 12.4. The van der Waals surface area contributed by atoms with Crippen molar-refractivity contribution < 1.29 is 9.59 Å². The van der Waals surface area contributed by atoms with Gasteiger partial charge in [-0.3, -0.25) is 9.59 Å². The molecule has 26 heavy (non-hydrogen) atoms. The van der Waals surface area contributed by atoms with Crippen LogP contribution in [0.4, 0.5) is 5.69 Å². The molecule has 0 heterocycles. The molecule has 0 bridgehead atoms. The quantitative estimate of drug-likeness (QED) is 0.745. The Labute approximate surface area is 155 Å². The number of anilines is 1. The van der Waals surface area contributed by atoms with Gasteiger partial charge in [0.25, 0.3) is 5.91 Å². The average molecular weight is 353 g/mol. The van der Waals surface area contributed by atoms with Gasteiger partial charge in [0.15, 0.2) is 0 Å². The summed E-state index contributed by atoms with van der Waals surface area (Å²) in [6.07, 6.45) is 0. The number of aryl methyl sites for hydroxylation is 2. The molecule has 0 aliphatic rings. The molecule has 0 saturated carbocycles. The third kappa shape index (κ3) is 5.17. The molecule has 5 heteroatoms. The first kappa shape index (κ1) is 19.7. The number of hydrogen-bond acceptors (Lipinski definition) is 3. The number of carbonyl (C=O) groups is 2. The molecule has 2 rings (SSSR count). The molecule has 0 saturated heterocycles. The smallest absolute Gasteiger partial charge is 0.251 e. The Morgan fingerprint density at radius 2 is 1.69 bits per heavy atom. The maximum absolute atomic E-state index is 12.4. The van der Waals surface area contributed by atoms with Crippen LogP contribution in [0.3, 0.4) is 0 Å². The highest BCUT2D eigenvalue weighted by Crippen LogP contribution is 2.19. The van der Waals surface area contributed by atoms with Crippen LogP contribution >= 0.6 is 0 Å². The number of benzene rings is 2. The normalized spacial score (nSPS) is 11.9. The van der Waals surface area contributed by atoms with Crippen LogP contribution in [0.1, 0.15) is 46.9 Å². The van der Waals surface area contributed by atoms with Gasteiger partial charge < -0.3 is 16.4 Å². The van der Waals surface area contributed by atoms with E-state index in [4.69, 9.17) is 5.73 Å². The van der Waals surface area contributed by atoms with E-state index in [0.717, 1.165) is 16.7 Å². The zero-order chi connectivity index (χ0) is 19.3. The zero-order valence-electron chi connectivity index (χ0n) is 15.8. The summed E-state index contributed by atoms with van der Waals surface area (Å²) in [5, 5.41) is 5.73. The lowest BCUT2D eigenvalue weighted by Gasteiger charge is -2.15. The summed E-state index contributed by atoms with van der Waals surface area (Å²) < 4.78 is 0. The van der Waals surface area contributed by atoms with Gasteiger partial charge in [-0.15, -0.1) is 0 Å². The number of carbonyl (C=O) groups excluding carboxylic acids is 2. The molecule has 0 fully saturated rings. The van der Waals surface area contributed by atoms with Crippen LogP contribution < -0.4 is 16.4 Å². The van der Waals surface area contributed by atoms with Crippen molar-refractivity contribution in [3.8, 4) is 0 Å². The predicted molar refractivity (Wildman–Crippen MR) is 105 cm³/mol. The molecule has 0 radical (unpaired) electrons. The Morgan fingerprint density at radius 1 is 1.04 bits per heavy atom. The molecule has 2 aromatic carbocycles. The molecule has 0 aliphatic carbocycles. The summed E-state index contributed by atoms with van der Waals surface area (Å²) in [5.74, 6) is -0.00753. The van der Waals surface area contributed by atoms with Gasteiger partial charge in [-0.25, -0.2) is 0 Å². The molecule has 0 aromatic heterocycles. The summed E-state index contributed by atoms with van der Waals surface area (Å²) >= 11 is 0. The second-order valence-corrected chi connectivity index (χ2v) is 7.01. The summed E-state index contributed by atoms with van der Waals surface area (Å²) in [7, 11) is 0. The number of amides is 2. The standard InChI is InChI=1S/C21H27N3O2/c1-13(2)12-23-20(25)17-9-10-18(15(4)11-17)24-21(26)19(22)16-7-5-14(3)6-8-16/h5-11,13,19H,12,22H2,1-4H3,(H,23,25)(H,24,26). The van der Waals surface area contributed by atoms with E-state index < -0.39 is 6.04 Å². The number of hydrogen-bond donors (Lipinski definition) is 3. The van der Waals surface area contributed by atoms with Crippen molar-refractivity contribution in [2.24, 2.45) is 11.7 Å². The third-order valence-electron chi connectivity index (χ3n) is 4.14. The fourth-order valence-corrected chi connectivity index (χ4v) is 2.48. The third-order valence-corrected chi connectivity index (χ3v) is 4.14. The van der Waals surface area contributed by atoms with E-state index in [-0.39, 0.29) is 11.8 Å². The Kier molecular flexibility index (Phi) is 6.52. The van der Waals surface area contributed by atoms with E-state index in [1.54, 1.807) is 18.2 Å². The summed E-state index contributed by atoms with van der Waals surface area (Å²) in [5.41, 5.74) is 9.97. The van der Waals surface area contributed by atoms with Gasteiger partial charge in [-0.2, -0.15) is 0 Å². The van der Waals surface area contributed by atoms with Crippen molar-refractivity contribution in [2.45, 2.75) is 33.7 Å². The molecular weight excluding hydrogens is 326 g/mol. The highest BCUT2D eigenvalue weighted by atomic mass is 16.2. The highest BCUT2D eigenvalue weighted by molar-refractivity contribution is 5.98. The van der Waals surface area contributed by atoms with E-state index in [1.807, 2.05) is 52.0 Å². The minimum Gasteiger partial charge on any atom is -0.352 e. The van der Waals surface area contributed by atoms with Crippen molar-refractivity contribution in [2.75, 3.05) is 11.9 Å². The molecule has 138 valence electrons. The fourth-order valence-electron chi connectivity index (χ4n) is 2.48. The van der Waals surface area contributed by atoms with Crippen molar-refractivity contribution in [3.05, 3.63) is 64.7 Å². The molecule has 2 aromatic rings. The topological polar surface area (TPSA) is 84.2 Å². The first-order chi connectivity index (χ1) is 12.3. The molecule has 5 nitrogen and oxygen atoms in total. The number of rotatable bonds is 6. The molecule has 1 unspecified atom stereocenters. The number of nitrogens with two attached hydrogens (primary N) is 1. The second kappa shape index (κ2) is 8.63. The lowest BCUT2D eigenvalue weighted by molar-refractivity contribution is -0.117. The van der Waals surface area contributed by atoms with Crippen LogP contribution in [0, 0.1) is 19.8 Å². The van der Waals surface area contributed by atoms with Gasteiger partial charge in [0, 0.05) is 17.8 Å². The zero-order valence-corrected chi connectivity index (χ0v) is 15.8. The minimum absolute atomic E-state index is 0.115. The SMILES string of the molecule is Cc1ccc(C(N)C(=O)Nc2ccc(C(=O)NCC(C)C)cc2C)cc1. The summed E-state index contributed by atoms with van der Waals surface area (Å²) in [6, 6.07) is 12.0. The fraction of sp³-hybridized carbons (Fsp3) is 0.333. The van der Waals surface area contributed by atoms with Crippen LogP contribution in [0.2, 0.25) is 0 Å². The highest BCUT2D eigenvalue weighted by Gasteiger charge is 2.17. The van der Waals surface area contributed by atoms with Crippen LogP contribution in [-0.4, -0.2) is 18.4 Å². The van der Waals surface area contributed by atoms with E-state index in [9.17, 15) is 9.59 Å². The lowest BCUT2D eigenvalue weighted by Crippen LogP contribution is -2.28. The molecule has 4 N–H and O–H groups in total. The Bertz CT molecular complexity index is 782. The van der Waals surface area contributed by atoms with E-state index >= 15 is 0 Å². The molecular formula is C21H27N3O2. The van der Waals surface area contributed by atoms with Gasteiger partial charge in [0.05, 0.1) is 0 Å². The molecule has 2 amide bonds. The largest absolute Gasteiger partial charge is 0.352 e. The van der Waals surface area contributed by atoms with Crippen molar-refractivity contribution in [3.63, 3.8) is 0 Å². The Balaban J connectivity index is 2.06.